The van der Waals surface area contributed by atoms with E-state index in [0.717, 1.165) is 12.0 Å². The Morgan fingerprint density at radius 3 is 1.75 bits per heavy atom. The van der Waals surface area contributed by atoms with E-state index in [-0.39, 0.29) is 6.61 Å². The zero-order valence-corrected chi connectivity index (χ0v) is 11.2. The van der Waals surface area contributed by atoms with Crippen LogP contribution in [-0.2, 0) is 13.0 Å². The average Bonchev–Trinajstić information content (AvgIpc) is 2.49. The van der Waals surface area contributed by atoms with Crippen LogP contribution in [-0.4, -0.2) is 11.3 Å². The van der Waals surface area contributed by atoms with E-state index in [2.05, 4.69) is 6.92 Å². The van der Waals surface area contributed by atoms with Crippen molar-refractivity contribution in [3.05, 3.63) is 59.7 Å². The van der Waals surface area contributed by atoms with Crippen LogP contribution < -0.4 is 9.47 Å². The van der Waals surface area contributed by atoms with Gasteiger partial charge in [0, 0.05) is 0 Å². The van der Waals surface area contributed by atoms with Crippen LogP contribution >= 0.6 is 0 Å². The highest BCUT2D eigenvalue weighted by Gasteiger charge is 2.07. The van der Waals surface area contributed by atoms with Crippen LogP contribution in [0, 0.1) is 0 Å². The molecule has 0 spiro atoms. The third-order valence-electron chi connectivity index (χ3n) is 2.84. The van der Waals surface area contributed by atoms with E-state index < -0.39 is 6.16 Å². The fraction of sp³-hybridized carbons (Fsp3) is 0.188. The van der Waals surface area contributed by atoms with Crippen molar-refractivity contribution >= 4 is 6.16 Å². The molecule has 0 aliphatic carbocycles. The Kier molecular flexibility index (Phi) is 4.74. The van der Waals surface area contributed by atoms with E-state index in [1.807, 2.05) is 12.1 Å². The van der Waals surface area contributed by atoms with Crippen molar-refractivity contribution in [1.29, 1.82) is 0 Å². The van der Waals surface area contributed by atoms with Crippen molar-refractivity contribution in [3.63, 3.8) is 0 Å². The molecule has 2 aromatic rings. The minimum Gasteiger partial charge on any atom is -0.395 e. The maximum Gasteiger partial charge on any atom is 0.519 e. The maximum atomic E-state index is 11.6. The van der Waals surface area contributed by atoms with Gasteiger partial charge in [-0.25, -0.2) is 4.79 Å². The first kappa shape index (κ1) is 14.1. The molecule has 0 amide bonds. The molecule has 0 bridgehead atoms. The monoisotopic (exact) mass is 272 g/mol. The molecule has 0 aromatic heterocycles. The van der Waals surface area contributed by atoms with Crippen LogP contribution in [0.5, 0.6) is 11.5 Å². The highest BCUT2D eigenvalue weighted by molar-refractivity contribution is 5.67. The van der Waals surface area contributed by atoms with Gasteiger partial charge in [0.1, 0.15) is 11.5 Å². The first-order chi connectivity index (χ1) is 9.71. The Bertz CT molecular complexity index is 507. The standard InChI is InChI=1S/C16H16O4/c1-2-12-3-7-14(8-4-12)19-16(18)20-15-9-5-13(11-17)6-10-15/h3-10,17H,2,11H2,1H3. The lowest BCUT2D eigenvalue weighted by atomic mass is 10.2. The van der Waals surface area contributed by atoms with Gasteiger partial charge in [0.25, 0.3) is 0 Å². The van der Waals surface area contributed by atoms with Gasteiger partial charge in [-0.1, -0.05) is 31.2 Å². The molecule has 104 valence electrons. The Morgan fingerprint density at radius 1 is 0.900 bits per heavy atom. The van der Waals surface area contributed by atoms with Crippen LogP contribution in [0.15, 0.2) is 48.5 Å². The Morgan fingerprint density at radius 2 is 1.35 bits per heavy atom. The predicted molar refractivity (Wildman–Crippen MR) is 74.8 cm³/mol. The van der Waals surface area contributed by atoms with Crippen molar-refractivity contribution in [1.82, 2.24) is 0 Å². The molecule has 0 aliphatic rings. The van der Waals surface area contributed by atoms with E-state index >= 15 is 0 Å². The van der Waals surface area contributed by atoms with Gasteiger partial charge in [-0.05, 0) is 41.8 Å². The van der Waals surface area contributed by atoms with E-state index in [1.54, 1.807) is 36.4 Å². The number of carbonyl (C=O) groups excluding carboxylic acids is 1. The zero-order valence-electron chi connectivity index (χ0n) is 11.2. The number of ether oxygens (including phenoxy) is 2. The van der Waals surface area contributed by atoms with Gasteiger partial charge in [-0.15, -0.1) is 0 Å². The number of rotatable bonds is 4. The molecule has 0 fully saturated rings. The summed E-state index contributed by atoms with van der Waals surface area (Å²) in [5.41, 5.74) is 1.92. The summed E-state index contributed by atoms with van der Waals surface area (Å²) in [7, 11) is 0. The number of aliphatic hydroxyl groups is 1. The second-order valence-electron chi connectivity index (χ2n) is 4.25. The summed E-state index contributed by atoms with van der Waals surface area (Å²) in [6, 6.07) is 13.8. The lowest BCUT2D eigenvalue weighted by Gasteiger charge is -2.06. The van der Waals surface area contributed by atoms with Crippen molar-refractivity contribution < 1.29 is 19.4 Å². The molecule has 0 saturated heterocycles. The average molecular weight is 272 g/mol. The molecular weight excluding hydrogens is 256 g/mol. The van der Waals surface area contributed by atoms with Gasteiger partial charge >= 0.3 is 6.16 Å². The summed E-state index contributed by atoms with van der Waals surface area (Å²) in [6.07, 6.45) is 0.146. The fourth-order valence-corrected chi connectivity index (χ4v) is 1.67. The van der Waals surface area contributed by atoms with E-state index in [0.29, 0.717) is 11.5 Å². The van der Waals surface area contributed by atoms with Crippen molar-refractivity contribution in [2.45, 2.75) is 20.0 Å². The van der Waals surface area contributed by atoms with Crippen molar-refractivity contribution in [2.75, 3.05) is 0 Å². The van der Waals surface area contributed by atoms with Crippen molar-refractivity contribution in [3.8, 4) is 11.5 Å². The van der Waals surface area contributed by atoms with Crippen LogP contribution in [0.4, 0.5) is 4.79 Å². The molecule has 2 rings (SSSR count). The molecule has 0 unspecified atom stereocenters. The van der Waals surface area contributed by atoms with E-state index in [9.17, 15) is 4.79 Å². The highest BCUT2D eigenvalue weighted by Crippen LogP contribution is 2.16. The number of hydrogen-bond acceptors (Lipinski definition) is 4. The van der Waals surface area contributed by atoms with Gasteiger partial charge < -0.3 is 14.6 Å². The number of aryl methyl sites for hydroxylation is 1. The Balaban J connectivity index is 1.93. The third kappa shape index (κ3) is 3.83. The smallest absolute Gasteiger partial charge is 0.395 e. The van der Waals surface area contributed by atoms with Gasteiger partial charge in [-0.3, -0.25) is 0 Å². The Labute approximate surface area is 117 Å². The van der Waals surface area contributed by atoms with Crippen LogP contribution in [0.1, 0.15) is 18.1 Å². The SMILES string of the molecule is CCc1ccc(OC(=O)Oc2ccc(CO)cc2)cc1. The summed E-state index contributed by atoms with van der Waals surface area (Å²) < 4.78 is 10.1. The highest BCUT2D eigenvalue weighted by atomic mass is 16.7. The topological polar surface area (TPSA) is 55.8 Å². The molecule has 4 heteroatoms. The molecular formula is C16H16O4. The van der Waals surface area contributed by atoms with Crippen LogP contribution in [0.25, 0.3) is 0 Å². The van der Waals surface area contributed by atoms with Crippen molar-refractivity contribution in [2.24, 2.45) is 0 Å². The normalized spacial score (nSPS) is 10.1. The summed E-state index contributed by atoms with van der Waals surface area (Å²) in [6.45, 7) is 2.01. The molecule has 2 aromatic carbocycles. The largest absolute Gasteiger partial charge is 0.519 e. The lowest BCUT2D eigenvalue weighted by molar-refractivity contribution is 0.152. The summed E-state index contributed by atoms with van der Waals surface area (Å²) in [5.74, 6) is 0.816. The fourth-order valence-electron chi connectivity index (χ4n) is 1.67. The summed E-state index contributed by atoms with van der Waals surface area (Å²) in [4.78, 5) is 11.6. The van der Waals surface area contributed by atoms with Gasteiger partial charge in [-0.2, -0.15) is 0 Å². The minimum atomic E-state index is -0.786. The molecule has 0 saturated carbocycles. The molecule has 0 radical (unpaired) electrons. The number of benzene rings is 2. The molecule has 0 atom stereocenters. The van der Waals surface area contributed by atoms with Gasteiger partial charge in [0.15, 0.2) is 0 Å². The lowest BCUT2D eigenvalue weighted by Crippen LogP contribution is -2.13. The van der Waals surface area contributed by atoms with E-state index in [4.69, 9.17) is 14.6 Å². The quantitative estimate of drug-likeness (QED) is 0.685. The zero-order chi connectivity index (χ0) is 14.4. The van der Waals surface area contributed by atoms with E-state index in [1.165, 1.54) is 5.56 Å². The molecule has 1 N–H and O–H groups in total. The predicted octanol–water partition coefficient (Wildman–Crippen LogP) is 3.32. The molecule has 4 nitrogen and oxygen atoms in total. The Hall–Kier alpha value is -2.33. The number of carbonyl (C=O) groups is 1. The summed E-state index contributed by atoms with van der Waals surface area (Å²) in [5, 5.41) is 8.92. The summed E-state index contributed by atoms with van der Waals surface area (Å²) >= 11 is 0. The van der Waals surface area contributed by atoms with Gasteiger partial charge in [0.2, 0.25) is 0 Å². The first-order valence-corrected chi connectivity index (χ1v) is 6.39. The van der Waals surface area contributed by atoms with Gasteiger partial charge in [0.05, 0.1) is 6.61 Å². The third-order valence-corrected chi connectivity index (χ3v) is 2.84. The molecule has 0 aliphatic heterocycles. The number of hydrogen-bond donors (Lipinski definition) is 1. The second-order valence-corrected chi connectivity index (χ2v) is 4.25. The maximum absolute atomic E-state index is 11.6. The molecule has 0 heterocycles. The van der Waals surface area contributed by atoms with Crippen LogP contribution in [0.2, 0.25) is 0 Å². The van der Waals surface area contributed by atoms with Crippen LogP contribution in [0.3, 0.4) is 0 Å². The minimum absolute atomic E-state index is 0.0471. The molecule has 20 heavy (non-hydrogen) atoms. The second kappa shape index (κ2) is 6.73. The first-order valence-electron chi connectivity index (χ1n) is 6.39. The number of aliphatic hydroxyl groups excluding tert-OH is 1.